The average molecular weight is 457 g/mol. The van der Waals surface area contributed by atoms with Crippen LogP contribution in [0.5, 0.6) is 0 Å². The lowest BCUT2D eigenvalue weighted by molar-refractivity contribution is -0.158. The van der Waals surface area contributed by atoms with Gasteiger partial charge in [0.05, 0.1) is 16.6 Å². The zero-order valence-corrected chi connectivity index (χ0v) is 20.9. The summed E-state index contributed by atoms with van der Waals surface area (Å²) >= 11 is 0. The van der Waals surface area contributed by atoms with Gasteiger partial charge in [-0.05, 0) is 65.3 Å². The van der Waals surface area contributed by atoms with E-state index in [1.807, 2.05) is 37.3 Å². The Labute approximate surface area is 199 Å². The van der Waals surface area contributed by atoms with Crippen LogP contribution in [-0.2, 0) is 30.2 Å². The topological polar surface area (TPSA) is 73.9 Å². The molecular formula is C26H40BNO5. The van der Waals surface area contributed by atoms with Gasteiger partial charge in [0.1, 0.15) is 6.61 Å². The maximum absolute atomic E-state index is 13.3. The molecule has 1 aliphatic carbocycles. The van der Waals surface area contributed by atoms with Gasteiger partial charge in [-0.1, -0.05) is 50.1 Å². The van der Waals surface area contributed by atoms with Crippen LogP contribution in [0.4, 0.5) is 0 Å². The van der Waals surface area contributed by atoms with Crippen LogP contribution < -0.4 is 5.32 Å². The number of ether oxygens (including phenoxy) is 1. The van der Waals surface area contributed by atoms with Crippen molar-refractivity contribution < 1.29 is 23.6 Å². The minimum atomic E-state index is -0.545. The molecule has 2 fully saturated rings. The number of hydrogen-bond donors (Lipinski definition) is 1. The Bertz CT molecular complexity index is 796. The van der Waals surface area contributed by atoms with E-state index in [0.717, 1.165) is 44.0 Å². The number of unbranched alkanes of at least 4 members (excludes halogenated alkanes) is 1. The van der Waals surface area contributed by atoms with E-state index in [-0.39, 0.29) is 42.8 Å². The summed E-state index contributed by atoms with van der Waals surface area (Å²) in [4.78, 5) is 25.2. The van der Waals surface area contributed by atoms with Crippen LogP contribution >= 0.6 is 0 Å². The molecule has 1 aromatic rings. The number of carbonyl (C=O) groups is 2. The van der Waals surface area contributed by atoms with Crippen molar-refractivity contribution in [1.82, 2.24) is 5.32 Å². The van der Waals surface area contributed by atoms with E-state index < -0.39 is 5.41 Å². The van der Waals surface area contributed by atoms with Gasteiger partial charge in [0, 0.05) is 12.5 Å². The highest BCUT2D eigenvalue weighted by atomic mass is 16.7. The molecule has 0 bridgehead atoms. The SMILES string of the molecule is CCC(=O)N[C@H]1CC[C@@](CCCCB2OC(C)(C)C(C)(C)O2)(C(=O)OCc2ccccc2)C1. The average Bonchev–Trinajstić information content (AvgIpc) is 3.27. The molecule has 2 atom stereocenters. The van der Waals surface area contributed by atoms with Crippen LogP contribution in [-0.4, -0.2) is 36.2 Å². The van der Waals surface area contributed by atoms with Gasteiger partial charge in [-0.2, -0.15) is 0 Å². The molecule has 7 heteroatoms. The third kappa shape index (κ3) is 6.39. The van der Waals surface area contributed by atoms with Crippen molar-refractivity contribution in [2.45, 2.75) is 110 Å². The summed E-state index contributed by atoms with van der Waals surface area (Å²) in [6, 6.07) is 9.79. The smallest absolute Gasteiger partial charge is 0.457 e. The van der Waals surface area contributed by atoms with E-state index in [4.69, 9.17) is 14.0 Å². The predicted molar refractivity (Wildman–Crippen MR) is 129 cm³/mol. The molecule has 1 amide bonds. The molecule has 182 valence electrons. The van der Waals surface area contributed by atoms with Crippen LogP contribution in [0.15, 0.2) is 30.3 Å². The first-order chi connectivity index (χ1) is 15.6. The van der Waals surface area contributed by atoms with Crippen LogP contribution in [0, 0.1) is 5.41 Å². The van der Waals surface area contributed by atoms with Crippen molar-refractivity contribution in [2.24, 2.45) is 5.41 Å². The Morgan fingerprint density at radius 1 is 1.09 bits per heavy atom. The normalized spacial score (nSPS) is 25.7. The van der Waals surface area contributed by atoms with Gasteiger partial charge >= 0.3 is 13.1 Å². The van der Waals surface area contributed by atoms with Crippen molar-refractivity contribution in [3.05, 3.63) is 35.9 Å². The highest BCUT2D eigenvalue weighted by molar-refractivity contribution is 6.45. The maximum Gasteiger partial charge on any atom is 0.457 e. The van der Waals surface area contributed by atoms with Gasteiger partial charge in [0.2, 0.25) is 5.91 Å². The lowest BCUT2D eigenvalue weighted by Crippen LogP contribution is -2.41. The molecular weight excluding hydrogens is 417 g/mol. The number of hydrogen-bond acceptors (Lipinski definition) is 5. The van der Waals surface area contributed by atoms with Crippen LogP contribution in [0.3, 0.4) is 0 Å². The van der Waals surface area contributed by atoms with Crippen LogP contribution in [0.25, 0.3) is 0 Å². The van der Waals surface area contributed by atoms with E-state index in [1.165, 1.54) is 0 Å². The molecule has 1 aromatic carbocycles. The molecule has 1 N–H and O–H groups in total. The van der Waals surface area contributed by atoms with Gasteiger partial charge in [0.25, 0.3) is 0 Å². The molecule has 6 nitrogen and oxygen atoms in total. The standard InChI is InChI=1S/C26H40BNO5/c1-6-22(29)28-21-14-16-26(18-21,23(30)31-19-20-12-8-7-9-13-20)15-10-11-17-27-32-24(2,3)25(4,5)33-27/h7-9,12-13,21H,6,10-11,14-19H2,1-5H3,(H,28,29)/t21-,26+/m0/s1. The number of amides is 1. The molecule has 0 aromatic heterocycles. The zero-order valence-electron chi connectivity index (χ0n) is 20.9. The van der Waals surface area contributed by atoms with Crippen molar-refractivity contribution in [3.63, 3.8) is 0 Å². The second kappa shape index (κ2) is 10.6. The number of carbonyl (C=O) groups excluding carboxylic acids is 2. The highest BCUT2D eigenvalue weighted by Gasteiger charge is 2.51. The van der Waals surface area contributed by atoms with E-state index in [1.54, 1.807) is 0 Å². The summed E-state index contributed by atoms with van der Waals surface area (Å²) in [5.41, 5.74) is -0.209. The molecule has 1 aliphatic heterocycles. The number of rotatable bonds is 10. The summed E-state index contributed by atoms with van der Waals surface area (Å²) < 4.78 is 18.0. The molecule has 33 heavy (non-hydrogen) atoms. The first-order valence-electron chi connectivity index (χ1n) is 12.4. The third-order valence-electron chi connectivity index (χ3n) is 7.59. The van der Waals surface area contributed by atoms with Gasteiger partial charge in [-0.3, -0.25) is 9.59 Å². The zero-order chi connectivity index (χ0) is 24.1. The molecule has 2 aliphatic rings. The molecule has 3 rings (SSSR count). The lowest BCUT2D eigenvalue weighted by atomic mass is 9.77. The van der Waals surface area contributed by atoms with E-state index >= 15 is 0 Å². The fourth-order valence-electron chi connectivity index (χ4n) is 4.83. The van der Waals surface area contributed by atoms with Crippen molar-refractivity contribution in [1.29, 1.82) is 0 Å². The maximum atomic E-state index is 13.3. The molecule has 1 saturated carbocycles. The first kappa shape index (κ1) is 25.8. The van der Waals surface area contributed by atoms with Crippen LogP contribution in [0.2, 0.25) is 6.32 Å². The minimum absolute atomic E-state index is 0.0322. The second-order valence-corrected chi connectivity index (χ2v) is 10.6. The molecule has 1 saturated heterocycles. The summed E-state index contributed by atoms with van der Waals surface area (Å²) in [6.45, 7) is 10.4. The first-order valence-corrected chi connectivity index (χ1v) is 12.4. The summed E-state index contributed by atoms with van der Waals surface area (Å²) in [6.07, 6.45) is 6.00. The van der Waals surface area contributed by atoms with Crippen molar-refractivity contribution in [2.75, 3.05) is 0 Å². The Hall–Kier alpha value is -1.86. The van der Waals surface area contributed by atoms with Crippen molar-refractivity contribution >= 4 is 19.0 Å². The Kier molecular flexibility index (Phi) is 8.28. The largest absolute Gasteiger partial charge is 0.460 e. The fraction of sp³-hybridized carbons (Fsp3) is 0.692. The van der Waals surface area contributed by atoms with Gasteiger partial charge < -0.3 is 19.4 Å². The molecule has 0 spiro atoms. The predicted octanol–water partition coefficient (Wildman–Crippen LogP) is 5.06. The highest BCUT2D eigenvalue weighted by Crippen LogP contribution is 2.44. The molecule has 0 radical (unpaired) electrons. The number of esters is 1. The Balaban J connectivity index is 1.56. The van der Waals surface area contributed by atoms with Crippen molar-refractivity contribution in [3.8, 4) is 0 Å². The fourth-order valence-corrected chi connectivity index (χ4v) is 4.83. The molecule has 0 unspecified atom stereocenters. The summed E-state index contributed by atoms with van der Waals surface area (Å²) in [5, 5.41) is 3.08. The molecule has 1 heterocycles. The number of benzene rings is 1. The summed E-state index contributed by atoms with van der Waals surface area (Å²) in [7, 11) is -0.212. The Morgan fingerprint density at radius 3 is 2.39 bits per heavy atom. The van der Waals surface area contributed by atoms with Crippen LogP contribution in [0.1, 0.15) is 85.1 Å². The Morgan fingerprint density at radius 2 is 1.76 bits per heavy atom. The quantitative estimate of drug-likeness (QED) is 0.302. The van der Waals surface area contributed by atoms with E-state index in [2.05, 4.69) is 33.0 Å². The minimum Gasteiger partial charge on any atom is -0.460 e. The number of nitrogens with one attached hydrogen (secondary N) is 1. The van der Waals surface area contributed by atoms with Gasteiger partial charge in [-0.15, -0.1) is 0 Å². The van der Waals surface area contributed by atoms with Gasteiger partial charge in [0.15, 0.2) is 0 Å². The van der Waals surface area contributed by atoms with Gasteiger partial charge in [-0.25, -0.2) is 0 Å². The lowest BCUT2D eigenvalue weighted by Gasteiger charge is -2.32. The van der Waals surface area contributed by atoms with E-state index in [9.17, 15) is 9.59 Å². The monoisotopic (exact) mass is 457 g/mol. The third-order valence-corrected chi connectivity index (χ3v) is 7.59. The second-order valence-electron chi connectivity index (χ2n) is 10.6. The van der Waals surface area contributed by atoms with E-state index in [0.29, 0.717) is 12.8 Å². The summed E-state index contributed by atoms with van der Waals surface area (Å²) in [5.74, 6) is -0.107.